The number of hydrogen-bond donors (Lipinski definition) is 1. The third-order valence-electron chi connectivity index (χ3n) is 4.42. The van der Waals surface area contributed by atoms with Crippen molar-refractivity contribution < 1.29 is 23.1 Å². The van der Waals surface area contributed by atoms with E-state index in [1.165, 1.54) is 13.2 Å². The van der Waals surface area contributed by atoms with Crippen molar-refractivity contribution in [2.24, 2.45) is 0 Å². The molecule has 2 aromatic rings. The van der Waals surface area contributed by atoms with E-state index < -0.39 is 21.2 Å². The zero-order valence-corrected chi connectivity index (χ0v) is 16.0. The predicted octanol–water partition coefficient (Wildman–Crippen LogP) is 3.53. The zero-order chi connectivity index (χ0) is 19.4. The molecule has 0 spiro atoms. The van der Waals surface area contributed by atoms with E-state index in [0.717, 1.165) is 5.56 Å². The smallest absolute Gasteiger partial charge is 0.313 e. The lowest BCUT2D eigenvalue weighted by molar-refractivity contribution is -0.142. The molecule has 0 amide bonds. The largest absolute Gasteiger partial charge is 0.481 e. The highest BCUT2D eigenvalue weighted by atomic mass is 32.2. The molecule has 2 aromatic carbocycles. The van der Waals surface area contributed by atoms with Gasteiger partial charge >= 0.3 is 5.97 Å². The van der Waals surface area contributed by atoms with Gasteiger partial charge < -0.3 is 9.84 Å². The SMILES string of the molecule is COCCCS(=O)(=O)c1cc(C(C)(C)C(=O)O)ccc1-c1ccccc1. The first-order valence-electron chi connectivity index (χ1n) is 8.35. The lowest BCUT2D eigenvalue weighted by Gasteiger charge is -2.22. The maximum atomic E-state index is 12.9. The van der Waals surface area contributed by atoms with E-state index in [-0.39, 0.29) is 10.6 Å². The Labute approximate surface area is 154 Å². The highest BCUT2D eigenvalue weighted by Crippen LogP contribution is 2.33. The van der Waals surface area contributed by atoms with Gasteiger partial charge in [0.25, 0.3) is 0 Å². The van der Waals surface area contributed by atoms with E-state index in [0.29, 0.717) is 24.2 Å². The van der Waals surface area contributed by atoms with Gasteiger partial charge in [0.05, 0.1) is 16.1 Å². The molecule has 0 bridgehead atoms. The van der Waals surface area contributed by atoms with Crippen LogP contribution in [0.5, 0.6) is 0 Å². The summed E-state index contributed by atoms with van der Waals surface area (Å²) in [6.07, 6.45) is 0.375. The molecule has 140 valence electrons. The molecule has 0 unspecified atom stereocenters. The van der Waals surface area contributed by atoms with E-state index in [1.807, 2.05) is 30.3 Å². The summed E-state index contributed by atoms with van der Waals surface area (Å²) in [4.78, 5) is 11.7. The first kappa shape index (κ1) is 20.1. The fraction of sp³-hybridized carbons (Fsp3) is 0.350. The maximum absolute atomic E-state index is 12.9. The normalized spacial score (nSPS) is 12.1. The topological polar surface area (TPSA) is 80.7 Å². The molecule has 0 saturated heterocycles. The minimum absolute atomic E-state index is 0.0579. The van der Waals surface area contributed by atoms with Crippen LogP contribution >= 0.6 is 0 Å². The Morgan fingerprint density at radius 3 is 2.35 bits per heavy atom. The van der Waals surface area contributed by atoms with Crippen molar-refractivity contribution in [2.75, 3.05) is 19.5 Å². The van der Waals surface area contributed by atoms with Crippen LogP contribution in [-0.2, 0) is 24.8 Å². The summed E-state index contributed by atoms with van der Waals surface area (Å²) in [7, 11) is -2.07. The fourth-order valence-corrected chi connectivity index (χ4v) is 4.20. The second-order valence-corrected chi connectivity index (χ2v) is 8.75. The van der Waals surface area contributed by atoms with Gasteiger partial charge in [0.1, 0.15) is 0 Å². The number of sulfone groups is 1. The van der Waals surface area contributed by atoms with Crippen LogP contribution < -0.4 is 0 Å². The molecule has 5 nitrogen and oxygen atoms in total. The number of hydrogen-bond acceptors (Lipinski definition) is 4. The van der Waals surface area contributed by atoms with Gasteiger partial charge in [-0.2, -0.15) is 0 Å². The van der Waals surface area contributed by atoms with E-state index in [4.69, 9.17) is 4.74 Å². The average molecular weight is 376 g/mol. The second kappa shape index (κ2) is 8.01. The number of aliphatic carboxylic acids is 1. The Bertz CT molecular complexity index is 870. The molecule has 0 aromatic heterocycles. The summed E-state index contributed by atoms with van der Waals surface area (Å²) < 4.78 is 30.8. The summed E-state index contributed by atoms with van der Waals surface area (Å²) in [5.41, 5.74) is 0.617. The third kappa shape index (κ3) is 4.31. The molecular formula is C20H24O5S. The molecule has 0 heterocycles. The summed E-state index contributed by atoms with van der Waals surface area (Å²) in [5.74, 6) is -1.06. The van der Waals surface area contributed by atoms with Gasteiger partial charge in [-0.05, 0) is 37.5 Å². The molecular weight excluding hydrogens is 352 g/mol. The fourth-order valence-electron chi connectivity index (χ4n) is 2.65. The van der Waals surface area contributed by atoms with Crippen LogP contribution in [0, 0.1) is 0 Å². The monoisotopic (exact) mass is 376 g/mol. The predicted molar refractivity (Wildman–Crippen MR) is 101 cm³/mol. The minimum Gasteiger partial charge on any atom is -0.481 e. The molecule has 0 saturated carbocycles. The molecule has 6 heteroatoms. The molecule has 0 aliphatic rings. The molecule has 0 aliphatic heterocycles. The number of benzene rings is 2. The first-order valence-corrected chi connectivity index (χ1v) is 10.0. The van der Waals surface area contributed by atoms with E-state index in [1.54, 1.807) is 26.0 Å². The number of ether oxygens (including phenoxy) is 1. The lowest BCUT2D eigenvalue weighted by Crippen LogP contribution is -2.28. The number of carbonyl (C=O) groups is 1. The van der Waals surface area contributed by atoms with E-state index in [9.17, 15) is 18.3 Å². The maximum Gasteiger partial charge on any atom is 0.313 e. The Balaban J connectivity index is 2.62. The van der Waals surface area contributed by atoms with Gasteiger partial charge in [0.2, 0.25) is 0 Å². The van der Waals surface area contributed by atoms with Crippen LogP contribution in [0.25, 0.3) is 11.1 Å². The van der Waals surface area contributed by atoms with E-state index in [2.05, 4.69) is 0 Å². The summed E-state index contributed by atoms with van der Waals surface area (Å²) in [5, 5.41) is 9.48. The Hall–Kier alpha value is -2.18. The molecule has 1 N–H and O–H groups in total. The van der Waals surface area contributed by atoms with Crippen molar-refractivity contribution in [1.29, 1.82) is 0 Å². The van der Waals surface area contributed by atoms with Crippen molar-refractivity contribution in [3.05, 3.63) is 54.1 Å². The van der Waals surface area contributed by atoms with E-state index >= 15 is 0 Å². The van der Waals surface area contributed by atoms with Crippen LogP contribution in [0.1, 0.15) is 25.8 Å². The van der Waals surface area contributed by atoms with Crippen LogP contribution in [-0.4, -0.2) is 39.0 Å². The van der Waals surface area contributed by atoms with Gasteiger partial charge in [-0.3, -0.25) is 4.79 Å². The first-order chi connectivity index (χ1) is 12.2. The van der Waals surface area contributed by atoms with Gasteiger partial charge in [0.15, 0.2) is 9.84 Å². The molecule has 0 aliphatic carbocycles. The Morgan fingerprint density at radius 1 is 1.12 bits per heavy atom. The number of carboxylic acids is 1. The molecule has 0 radical (unpaired) electrons. The van der Waals surface area contributed by atoms with Crippen LogP contribution in [0.2, 0.25) is 0 Å². The van der Waals surface area contributed by atoms with Crippen LogP contribution in [0.4, 0.5) is 0 Å². The summed E-state index contributed by atoms with van der Waals surface area (Å²) in [6.45, 7) is 3.47. The minimum atomic E-state index is -3.59. The zero-order valence-electron chi connectivity index (χ0n) is 15.2. The molecule has 0 fully saturated rings. The quantitative estimate of drug-likeness (QED) is 0.713. The third-order valence-corrected chi connectivity index (χ3v) is 6.25. The highest BCUT2D eigenvalue weighted by Gasteiger charge is 2.31. The number of rotatable bonds is 8. The van der Waals surface area contributed by atoms with Gasteiger partial charge in [-0.15, -0.1) is 0 Å². The van der Waals surface area contributed by atoms with Gasteiger partial charge in [0, 0.05) is 19.3 Å². The molecule has 26 heavy (non-hydrogen) atoms. The Morgan fingerprint density at radius 2 is 1.77 bits per heavy atom. The standard InChI is InChI=1S/C20H24O5S/c1-20(2,19(21)22)16-10-11-17(15-8-5-4-6-9-15)18(14-16)26(23,24)13-7-12-25-3/h4-6,8-11,14H,7,12-13H2,1-3H3,(H,21,22). The Kier molecular flexibility index (Phi) is 6.21. The number of carboxylic acid groups (broad SMARTS) is 1. The summed E-state index contributed by atoms with van der Waals surface area (Å²) >= 11 is 0. The number of methoxy groups -OCH3 is 1. The van der Waals surface area contributed by atoms with Crippen molar-refractivity contribution in [2.45, 2.75) is 30.6 Å². The van der Waals surface area contributed by atoms with Crippen LogP contribution in [0.3, 0.4) is 0 Å². The summed E-state index contributed by atoms with van der Waals surface area (Å²) in [6, 6.07) is 14.1. The molecule has 0 atom stereocenters. The van der Waals surface area contributed by atoms with Gasteiger partial charge in [-0.25, -0.2) is 8.42 Å². The van der Waals surface area contributed by atoms with Crippen molar-refractivity contribution in [3.63, 3.8) is 0 Å². The van der Waals surface area contributed by atoms with Crippen molar-refractivity contribution in [1.82, 2.24) is 0 Å². The lowest BCUT2D eigenvalue weighted by atomic mass is 9.84. The molecule has 2 rings (SSSR count). The average Bonchev–Trinajstić information content (AvgIpc) is 2.62. The van der Waals surface area contributed by atoms with Crippen molar-refractivity contribution in [3.8, 4) is 11.1 Å². The second-order valence-electron chi connectivity index (χ2n) is 6.67. The highest BCUT2D eigenvalue weighted by molar-refractivity contribution is 7.91. The van der Waals surface area contributed by atoms with Crippen LogP contribution in [0.15, 0.2) is 53.4 Å². The van der Waals surface area contributed by atoms with Gasteiger partial charge in [-0.1, -0.05) is 42.5 Å². The van der Waals surface area contributed by atoms with Crippen molar-refractivity contribution >= 4 is 15.8 Å².